The summed E-state index contributed by atoms with van der Waals surface area (Å²) < 4.78 is 39.1. The zero-order valence-electron chi connectivity index (χ0n) is 20.0. The molecular weight excluding hydrogens is 424 g/mol. The third-order valence-corrected chi connectivity index (χ3v) is 8.72. The summed E-state index contributed by atoms with van der Waals surface area (Å²) in [7, 11) is -3.18. The van der Waals surface area contributed by atoms with E-state index in [4.69, 9.17) is 9.47 Å². The van der Waals surface area contributed by atoms with Gasteiger partial charge >= 0.3 is 0 Å². The van der Waals surface area contributed by atoms with Crippen LogP contribution in [0.1, 0.15) is 76.0 Å². The normalized spacial score (nSPS) is 26.2. The van der Waals surface area contributed by atoms with Gasteiger partial charge in [0.2, 0.25) is 10.0 Å². The molecule has 0 aliphatic carbocycles. The summed E-state index contributed by atoms with van der Waals surface area (Å²) in [6.45, 7) is 8.43. The van der Waals surface area contributed by atoms with Gasteiger partial charge in [0.25, 0.3) is 0 Å². The maximum absolute atomic E-state index is 12.5. The van der Waals surface area contributed by atoms with E-state index in [0.29, 0.717) is 25.7 Å². The number of unbranched alkanes of at least 4 members (excludes halogenated alkanes) is 2. The maximum atomic E-state index is 12.5. The highest BCUT2D eigenvalue weighted by Crippen LogP contribution is 2.46. The van der Waals surface area contributed by atoms with Gasteiger partial charge in [-0.05, 0) is 67.7 Å². The van der Waals surface area contributed by atoms with E-state index in [2.05, 4.69) is 30.9 Å². The first-order valence-electron chi connectivity index (χ1n) is 12.6. The van der Waals surface area contributed by atoms with E-state index in [0.717, 1.165) is 76.0 Å². The Morgan fingerprint density at radius 3 is 2.38 bits per heavy atom. The molecule has 3 heterocycles. The molecule has 2 saturated heterocycles. The number of nitrogens with zero attached hydrogens (tertiary/aromatic N) is 2. The molecule has 0 radical (unpaired) electrons. The summed E-state index contributed by atoms with van der Waals surface area (Å²) in [5, 5.41) is 0. The molecule has 0 spiro atoms. The van der Waals surface area contributed by atoms with Crippen LogP contribution >= 0.6 is 0 Å². The van der Waals surface area contributed by atoms with Crippen LogP contribution in [0.2, 0.25) is 0 Å². The molecule has 1 aromatic carbocycles. The van der Waals surface area contributed by atoms with Crippen LogP contribution in [0.3, 0.4) is 0 Å². The van der Waals surface area contributed by atoms with Crippen LogP contribution < -0.4 is 9.47 Å². The quantitative estimate of drug-likeness (QED) is 0.508. The van der Waals surface area contributed by atoms with E-state index in [9.17, 15) is 8.42 Å². The molecule has 0 unspecified atom stereocenters. The van der Waals surface area contributed by atoms with Crippen molar-refractivity contribution in [3.63, 3.8) is 0 Å². The van der Waals surface area contributed by atoms with E-state index < -0.39 is 10.0 Å². The summed E-state index contributed by atoms with van der Waals surface area (Å²) in [4.78, 5) is 2.59. The number of ether oxygens (including phenoxy) is 2. The highest BCUT2D eigenvalue weighted by atomic mass is 32.2. The highest BCUT2D eigenvalue weighted by Gasteiger charge is 2.45. The number of sulfonamides is 1. The van der Waals surface area contributed by atoms with Crippen LogP contribution in [0.5, 0.6) is 11.5 Å². The molecule has 0 N–H and O–H groups in total. The van der Waals surface area contributed by atoms with Crippen LogP contribution in [0.4, 0.5) is 0 Å². The van der Waals surface area contributed by atoms with Gasteiger partial charge in [-0.1, -0.05) is 26.7 Å². The van der Waals surface area contributed by atoms with Gasteiger partial charge in [-0.2, -0.15) is 4.31 Å². The minimum absolute atomic E-state index is 0.107. The largest absolute Gasteiger partial charge is 0.490 e. The Bertz CT molecular complexity index is 888. The van der Waals surface area contributed by atoms with Crippen molar-refractivity contribution in [1.29, 1.82) is 0 Å². The van der Waals surface area contributed by atoms with Crippen molar-refractivity contribution in [2.24, 2.45) is 5.92 Å². The molecule has 1 aromatic rings. The van der Waals surface area contributed by atoms with Crippen LogP contribution in [0, 0.1) is 5.92 Å². The molecule has 0 bridgehead atoms. The summed E-state index contributed by atoms with van der Waals surface area (Å²) in [5.41, 5.74) is 2.64. The molecule has 32 heavy (non-hydrogen) atoms. The Morgan fingerprint density at radius 2 is 1.72 bits per heavy atom. The lowest BCUT2D eigenvalue weighted by Crippen LogP contribution is -2.57. The minimum atomic E-state index is -3.18. The average Bonchev–Trinajstić information content (AvgIpc) is 2.77. The molecule has 0 amide bonds. The Labute approximate surface area is 194 Å². The first-order chi connectivity index (χ1) is 15.4. The summed E-state index contributed by atoms with van der Waals surface area (Å²) in [6, 6.07) is 4.76. The van der Waals surface area contributed by atoms with E-state index in [1.54, 1.807) is 4.31 Å². The van der Waals surface area contributed by atoms with Gasteiger partial charge in [0.1, 0.15) is 0 Å². The minimum Gasteiger partial charge on any atom is -0.490 e. The Kier molecular flexibility index (Phi) is 7.68. The van der Waals surface area contributed by atoms with Gasteiger partial charge in [-0.15, -0.1) is 0 Å². The molecule has 0 saturated carbocycles. The number of fused-ring (bicyclic) bond motifs is 4. The SMILES string of the molecule is CCCCOc1cc2c(cc1OCCCC)[C@H]1C[C@H]3[C@H](CCCN3S(C)(=O)=O)CN1CC2. The lowest BCUT2D eigenvalue weighted by Gasteiger charge is -2.51. The first-order valence-corrected chi connectivity index (χ1v) is 14.4. The molecule has 3 aliphatic rings. The van der Waals surface area contributed by atoms with E-state index in [-0.39, 0.29) is 12.1 Å². The van der Waals surface area contributed by atoms with E-state index in [1.807, 2.05) is 0 Å². The average molecular weight is 465 g/mol. The molecule has 2 fully saturated rings. The summed E-state index contributed by atoms with van der Waals surface area (Å²) >= 11 is 0. The number of hydrogen-bond donors (Lipinski definition) is 0. The van der Waals surface area contributed by atoms with Crippen molar-refractivity contribution in [2.75, 3.05) is 39.1 Å². The Balaban J connectivity index is 1.62. The first kappa shape index (κ1) is 23.8. The smallest absolute Gasteiger partial charge is 0.211 e. The van der Waals surface area contributed by atoms with Crippen molar-refractivity contribution in [2.45, 2.75) is 77.3 Å². The van der Waals surface area contributed by atoms with Crippen molar-refractivity contribution in [3.8, 4) is 11.5 Å². The highest BCUT2D eigenvalue weighted by molar-refractivity contribution is 7.88. The van der Waals surface area contributed by atoms with Crippen molar-refractivity contribution < 1.29 is 17.9 Å². The van der Waals surface area contributed by atoms with Gasteiger partial charge in [-0.25, -0.2) is 8.42 Å². The zero-order chi connectivity index (χ0) is 22.7. The van der Waals surface area contributed by atoms with Gasteiger partial charge in [0.15, 0.2) is 11.5 Å². The topological polar surface area (TPSA) is 59.1 Å². The monoisotopic (exact) mass is 464 g/mol. The van der Waals surface area contributed by atoms with Crippen LogP contribution in [-0.2, 0) is 16.4 Å². The van der Waals surface area contributed by atoms with E-state index >= 15 is 0 Å². The standard InChI is InChI=1S/C25H40N2O4S/c1-4-6-13-30-24-15-19-10-12-26-18-20-9-8-11-27(32(3,28)29)22(20)17-23(26)21(19)16-25(24)31-14-7-5-2/h15-16,20,22-23H,4-14,17-18H2,1-3H3/t20-,22+,23-/m1/s1. The third kappa shape index (κ3) is 5.10. The maximum Gasteiger partial charge on any atom is 0.211 e. The van der Waals surface area contributed by atoms with Gasteiger partial charge in [0.05, 0.1) is 19.5 Å². The molecule has 6 nitrogen and oxygen atoms in total. The van der Waals surface area contributed by atoms with Crippen LogP contribution in [0.25, 0.3) is 0 Å². The Morgan fingerprint density at radius 1 is 1.03 bits per heavy atom. The fourth-order valence-electron chi connectivity index (χ4n) is 5.70. The fraction of sp³-hybridized carbons (Fsp3) is 0.760. The number of benzene rings is 1. The summed E-state index contributed by atoms with van der Waals surface area (Å²) in [5.74, 6) is 2.15. The fourth-order valence-corrected chi connectivity index (χ4v) is 6.91. The molecule has 3 atom stereocenters. The number of piperidine rings is 2. The molecule has 3 aliphatic heterocycles. The van der Waals surface area contributed by atoms with Crippen molar-refractivity contribution in [1.82, 2.24) is 9.21 Å². The third-order valence-electron chi connectivity index (χ3n) is 7.41. The lowest BCUT2D eigenvalue weighted by atomic mass is 9.77. The zero-order valence-corrected chi connectivity index (χ0v) is 20.8. The predicted molar refractivity (Wildman–Crippen MR) is 128 cm³/mol. The molecule has 180 valence electrons. The van der Waals surface area contributed by atoms with Crippen molar-refractivity contribution in [3.05, 3.63) is 23.3 Å². The molecular formula is C25H40N2O4S. The number of hydrogen-bond acceptors (Lipinski definition) is 5. The van der Waals surface area contributed by atoms with E-state index in [1.165, 1.54) is 17.4 Å². The second kappa shape index (κ2) is 10.3. The molecule has 4 rings (SSSR count). The van der Waals surface area contributed by atoms with Gasteiger partial charge in [0, 0.05) is 31.7 Å². The lowest BCUT2D eigenvalue weighted by molar-refractivity contribution is 0.0220. The Hall–Kier alpha value is -1.31. The predicted octanol–water partition coefficient (Wildman–Crippen LogP) is 4.39. The number of rotatable bonds is 9. The molecule has 7 heteroatoms. The second-order valence-corrected chi connectivity index (χ2v) is 11.7. The van der Waals surface area contributed by atoms with Crippen molar-refractivity contribution >= 4 is 10.0 Å². The van der Waals surface area contributed by atoms with Crippen LogP contribution in [0.15, 0.2) is 12.1 Å². The van der Waals surface area contributed by atoms with Gasteiger partial charge in [-0.3, -0.25) is 4.90 Å². The second-order valence-electron chi connectivity index (χ2n) is 9.74. The molecule has 0 aromatic heterocycles. The van der Waals surface area contributed by atoms with Crippen LogP contribution in [-0.4, -0.2) is 62.8 Å². The summed E-state index contributed by atoms with van der Waals surface area (Å²) in [6.07, 6.45) is 9.61. The van der Waals surface area contributed by atoms with Gasteiger partial charge < -0.3 is 9.47 Å².